The maximum absolute atomic E-state index is 12.0. The van der Waals surface area contributed by atoms with Crippen molar-refractivity contribution < 1.29 is 9.53 Å². The minimum Gasteiger partial charge on any atom is -0.467 e. The summed E-state index contributed by atoms with van der Waals surface area (Å²) < 4.78 is 4.87. The average Bonchev–Trinajstić information content (AvgIpc) is 2.45. The lowest BCUT2D eigenvalue weighted by atomic mass is 10.1. The molecule has 1 heterocycles. The van der Waals surface area contributed by atoms with Gasteiger partial charge in [0.2, 0.25) is 0 Å². The maximum atomic E-state index is 12.0. The van der Waals surface area contributed by atoms with Crippen LogP contribution in [0.4, 0.5) is 5.69 Å². The Bertz CT molecular complexity index is 594. The van der Waals surface area contributed by atoms with Crippen molar-refractivity contribution in [1.29, 1.82) is 0 Å². The fraction of sp³-hybridized carbons (Fsp3) is 0.250. The standard InChI is InChI=1S/C16H18N2O2/c1-11-5-4-6-14(9-11)18-15(16(19)20-3)13-8-7-12(2)17-10-13/h4-10,15,18H,1-3H3. The minimum absolute atomic E-state index is 0.336. The number of nitrogens with one attached hydrogen (secondary N) is 1. The number of rotatable bonds is 4. The molecule has 1 atom stereocenters. The number of methoxy groups -OCH3 is 1. The smallest absolute Gasteiger partial charge is 0.333 e. The quantitative estimate of drug-likeness (QED) is 0.868. The molecular formula is C16H18N2O2. The first-order chi connectivity index (χ1) is 9.60. The van der Waals surface area contributed by atoms with Gasteiger partial charge in [-0.05, 0) is 37.6 Å². The molecule has 4 heteroatoms. The van der Waals surface area contributed by atoms with Crippen molar-refractivity contribution in [3.63, 3.8) is 0 Å². The molecule has 0 fully saturated rings. The van der Waals surface area contributed by atoms with Crippen molar-refractivity contribution in [2.75, 3.05) is 12.4 Å². The van der Waals surface area contributed by atoms with E-state index in [1.807, 2.05) is 50.2 Å². The Hall–Kier alpha value is -2.36. The Balaban J connectivity index is 2.28. The summed E-state index contributed by atoms with van der Waals surface area (Å²) in [6, 6.07) is 11.1. The number of benzene rings is 1. The first-order valence-corrected chi connectivity index (χ1v) is 6.44. The predicted octanol–water partition coefficient (Wildman–Crippen LogP) is 3.02. The molecule has 1 N–H and O–H groups in total. The number of carbonyl (C=O) groups excluding carboxylic acids is 1. The highest BCUT2D eigenvalue weighted by molar-refractivity contribution is 5.80. The first kappa shape index (κ1) is 14.1. The molecule has 0 spiro atoms. The van der Waals surface area contributed by atoms with E-state index in [1.54, 1.807) is 6.20 Å². The number of esters is 1. The van der Waals surface area contributed by atoms with Crippen molar-refractivity contribution in [1.82, 2.24) is 4.98 Å². The second kappa shape index (κ2) is 6.19. The number of ether oxygens (including phenoxy) is 1. The number of anilines is 1. The first-order valence-electron chi connectivity index (χ1n) is 6.44. The zero-order valence-electron chi connectivity index (χ0n) is 11.9. The molecule has 0 saturated heterocycles. The van der Waals surface area contributed by atoms with E-state index in [0.717, 1.165) is 22.5 Å². The molecule has 0 aliphatic rings. The lowest BCUT2D eigenvalue weighted by Crippen LogP contribution is -2.22. The van der Waals surface area contributed by atoms with Gasteiger partial charge >= 0.3 is 5.97 Å². The molecule has 2 aromatic rings. The van der Waals surface area contributed by atoms with Gasteiger partial charge in [-0.15, -0.1) is 0 Å². The van der Waals surface area contributed by atoms with Gasteiger partial charge in [-0.1, -0.05) is 18.2 Å². The highest BCUT2D eigenvalue weighted by Gasteiger charge is 2.21. The summed E-state index contributed by atoms with van der Waals surface area (Å²) in [6.07, 6.45) is 1.69. The highest BCUT2D eigenvalue weighted by atomic mass is 16.5. The van der Waals surface area contributed by atoms with Crippen molar-refractivity contribution in [3.8, 4) is 0 Å². The van der Waals surface area contributed by atoms with Crippen LogP contribution in [-0.2, 0) is 9.53 Å². The molecule has 20 heavy (non-hydrogen) atoms. The van der Waals surface area contributed by atoms with Gasteiger partial charge in [0, 0.05) is 23.1 Å². The maximum Gasteiger partial charge on any atom is 0.333 e. The SMILES string of the molecule is COC(=O)C(Nc1cccc(C)c1)c1ccc(C)nc1. The van der Waals surface area contributed by atoms with Gasteiger partial charge in [0.1, 0.15) is 0 Å². The third kappa shape index (κ3) is 3.35. The van der Waals surface area contributed by atoms with E-state index < -0.39 is 6.04 Å². The van der Waals surface area contributed by atoms with E-state index in [9.17, 15) is 4.79 Å². The zero-order valence-corrected chi connectivity index (χ0v) is 11.9. The van der Waals surface area contributed by atoms with Crippen LogP contribution < -0.4 is 5.32 Å². The molecule has 0 aliphatic carbocycles. The van der Waals surface area contributed by atoms with E-state index >= 15 is 0 Å². The van der Waals surface area contributed by atoms with Gasteiger partial charge in [0.15, 0.2) is 6.04 Å². The summed E-state index contributed by atoms with van der Waals surface area (Å²) in [5.74, 6) is -0.336. The normalized spacial score (nSPS) is 11.8. The van der Waals surface area contributed by atoms with Crippen molar-refractivity contribution in [2.24, 2.45) is 0 Å². The number of hydrogen-bond donors (Lipinski definition) is 1. The summed E-state index contributed by atoms with van der Waals surface area (Å²) in [4.78, 5) is 16.2. The second-order valence-corrected chi connectivity index (χ2v) is 4.70. The Morgan fingerprint density at radius 3 is 2.65 bits per heavy atom. The van der Waals surface area contributed by atoms with Gasteiger partial charge in [-0.2, -0.15) is 0 Å². The number of aryl methyl sites for hydroxylation is 2. The molecule has 0 bridgehead atoms. The number of aromatic nitrogens is 1. The Labute approximate surface area is 118 Å². The lowest BCUT2D eigenvalue weighted by Gasteiger charge is -2.18. The van der Waals surface area contributed by atoms with Gasteiger partial charge in [0.05, 0.1) is 7.11 Å². The molecule has 4 nitrogen and oxygen atoms in total. The predicted molar refractivity (Wildman–Crippen MR) is 78.5 cm³/mol. The van der Waals surface area contributed by atoms with Crippen LogP contribution in [0.2, 0.25) is 0 Å². The topological polar surface area (TPSA) is 51.2 Å². The molecule has 2 rings (SSSR count). The molecule has 0 amide bonds. The van der Waals surface area contributed by atoms with E-state index in [-0.39, 0.29) is 5.97 Å². The Morgan fingerprint density at radius 2 is 2.05 bits per heavy atom. The van der Waals surface area contributed by atoms with Crippen LogP contribution in [0.25, 0.3) is 0 Å². The lowest BCUT2D eigenvalue weighted by molar-refractivity contribution is -0.141. The summed E-state index contributed by atoms with van der Waals surface area (Å²) in [6.45, 7) is 3.91. The van der Waals surface area contributed by atoms with Crippen molar-refractivity contribution in [2.45, 2.75) is 19.9 Å². The molecule has 0 aliphatic heterocycles. The fourth-order valence-electron chi connectivity index (χ4n) is 1.95. The average molecular weight is 270 g/mol. The van der Waals surface area contributed by atoms with Gasteiger partial charge in [0.25, 0.3) is 0 Å². The summed E-state index contributed by atoms with van der Waals surface area (Å²) in [5, 5.41) is 3.19. The zero-order chi connectivity index (χ0) is 14.5. The van der Waals surface area contributed by atoms with Gasteiger partial charge in [-0.3, -0.25) is 4.98 Å². The Morgan fingerprint density at radius 1 is 1.25 bits per heavy atom. The van der Waals surface area contributed by atoms with Crippen LogP contribution in [0.15, 0.2) is 42.6 Å². The molecule has 1 aromatic heterocycles. The minimum atomic E-state index is -0.560. The Kier molecular flexibility index (Phi) is 4.35. The summed E-state index contributed by atoms with van der Waals surface area (Å²) in [5.41, 5.74) is 3.69. The van der Waals surface area contributed by atoms with E-state index in [1.165, 1.54) is 7.11 Å². The largest absolute Gasteiger partial charge is 0.467 e. The highest BCUT2D eigenvalue weighted by Crippen LogP contribution is 2.21. The number of nitrogens with zero attached hydrogens (tertiary/aromatic N) is 1. The van der Waals surface area contributed by atoms with Crippen molar-refractivity contribution >= 4 is 11.7 Å². The van der Waals surface area contributed by atoms with E-state index in [2.05, 4.69) is 10.3 Å². The number of pyridine rings is 1. The molecule has 1 aromatic carbocycles. The molecule has 0 radical (unpaired) electrons. The molecule has 104 valence electrons. The third-order valence-corrected chi connectivity index (χ3v) is 3.03. The van der Waals surface area contributed by atoms with Crippen LogP contribution in [0.5, 0.6) is 0 Å². The fourth-order valence-corrected chi connectivity index (χ4v) is 1.95. The molecule has 1 unspecified atom stereocenters. The second-order valence-electron chi connectivity index (χ2n) is 4.70. The monoisotopic (exact) mass is 270 g/mol. The van der Waals surface area contributed by atoms with Crippen LogP contribution >= 0.6 is 0 Å². The van der Waals surface area contributed by atoms with Crippen LogP contribution in [0, 0.1) is 13.8 Å². The van der Waals surface area contributed by atoms with Gasteiger partial charge in [-0.25, -0.2) is 4.79 Å². The van der Waals surface area contributed by atoms with Crippen LogP contribution in [0.1, 0.15) is 22.9 Å². The number of carbonyl (C=O) groups is 1. The molecular weight excluding hydrogens is 252 g/mol. The summed E-state index contributed by atoms with van der Waals surface area (Å²) in [7, 11) is 1.38. The van der Waals surface area contributed by atoms with Crippen molar-refractivity contribution in [3.05, 3.63) is 59.4 Å². The molecule has 0 saturated carbocycles. The summed E-state index contributed by atoms with van der Waals surface area (Å²) >= 11 is 0. The van der Waals surface area contributed by atoms with Gasteiger partial charge < -0.3 is 10.1 Å². The number of hydrogen-bond acceptors (Lipinski definition) is 4. The van der Waals surface area contributed by atoms with E-state index in [0.29, 0.717) is 0 Å². The van der Waals surface area contributed by atoms with Crippen LogP contribution in [0.3, 0.4) is 0 Å². The third-order valence-electron chi connectivity index (χ3n) is 3.03. The van der Waals surface area contributed by atoms with Crippen LogP contribution in [-0.4, -0.2) is 18.1 Å². The van der Waals surface area contributed by atoms with E-state index in [4.69, 9.17) is 4.74 Å².